The molecule has 0 saturated carbocycles. The fourth-order valence-corrected chi connectivity index (χ4v) is 1.43. The first-order valence-electron chi connectivity index (χ1n) is 5.90. The van der Waals surface area contributed by atoms with Gasteiger partial charge in [-0.1, -0.05) is 0 Å². The van der Waals surface area contributed by atoms with Gasteiger partial charge in [0.25, 0.3) is 0 Å². The van der Waals surface area contributed by atoms with Crippen LogP contribution < -0.4 is 10.6 Å². The van der Waals surface area contributed by atoms with E-state index in [1.54, 1.807) is 34.6 Å². The van der Waals surface area contributed by atoms with E-state index in [9.17, 15) is 14.4 Å². The highest BCUT2D eigenvalue weighted by atomic mass is 16.6. The summed E-state index contributed by atoms with van der Waals surface area (Å²) in [7, 11) is 0. The van der Waals surface area contributed by atoms with E-state index in [4.69, 9.17) is 9.84 Å². The summed E-state index contributed by atoms with van der Waals surface area (Å²) in [5.74, 6) is -1.07. The van der Waals surface area contributed by atoms with Crippen molar-refractivity contribution in [3.8, 4) is 0 Å². The van der Waals surface area contributed by atoms with Gasteiger partial charge in [0.05, 0.1) is 18.0 Å². The fraction of sp³-hybridized carbons (Fsp3) is 0.750. The molecule has 0 rings (SSSR count). The molecule has 19 heavy (non-hydrogen) atoms. The third kappa shape index (κ3) is 7.28. The van der Waals surface area contributed by atoms with E-state index in [1.165, 1.54) is 0 Å². The van der Waals surface area contributed by atoms with E-state index in [2.05, 4.69) is 10.6 Å². The van der Waals surface area contributed by atoms with E-state index in [0.717, 1.165) is 0 Å². The zero-order chi connectivity index (χ0) is 15.3. The lowest BCUT2D eigenvalue weighted by Crippen LogP contribution is -2.58. The predicted molar refractivity (Wildman–Crippen MR) is 68.7 cm³/mol. The van der Waals surface area contributed by atoms with Crippen LogP contribution in [-0.2, 0) is 14.3 Å². The first-order valence-corrected chi connectivity index (χ1v) is 5.90. The molecule has 1 unspecified atom stereocenters. The second-order valence-electron chi connectivity index (χ2n) is 5.78. The maximum atomic E-state index is 11.7. The molecular weight excluding hydrogens is 252 g/mol. The number of hydrogen-bond donors (Lipinski definition) is 3. The summed E-state index contributed by atoms with van der Waals surface area (Å²) in [6.07, 6.45) is -0.561. The van der Waals surface area contributed by atoms with Crippen molar-refractivity contribution in [1.82, 2.24) is 10.6 Å². The van der Waals surface area contributed by atoms with Crippen LogP contribution in [0.1, 0.15) is 41.0 Å². The number of alkyl carbamates (subject to hydrolysis) is 1. The van der Waals surface area contributed by atoms with Crippen LogP contribution in [0.4, 0.5) is 4.79 Å². The summed E-state index contributed by atoms with van der Waals surface area (Å²) >= 11 is 0. The molecule has 0 radical (unpaired) electrons. The second-order valence-corrected chi connectivity index (χ2v) is 5.78. The van der Waals surface area contributed by atoms with Crippen LogP contribution in [-0.4, -0.2) is 40.8 Å². The molecule has 0 aliphatic carbocycles. The molecule has 110 valence electrons. The van der Waals surface area contributed by atoms with Gasteiger partial charge in [0.2, 0.25) is 6.41 Å². The molecule has 2 amide bonds. The summed E-state index contributed by atoms with van der Waals surface area (Å²) in [5.41, 5.74) is -1.61. The highest BCUT2D eigenvalue weighted by Gasteiger charge is 2.34. The number of aliphatic carboxylic acids is 1. The van der Waals surface area contributed by atoms with Crippen LogP contribution in [0.3, 0.4) is 0 Å². The highest BCUT2D eigenvalue weighted by molar-refractivity contribution is 5.71. The van der Waals surface area contributed by atoms with E-state index in [1.807, 2.05) is 0 Å². The van der Waals surface area contributed by atoms with Crippen molar-refractivity contribution in [2.24, 2.45) is 0 Å². The van der Waals surface area contributed by atoms with Crippen molar-refractivity contribution in [2.45, 2.75) is 58.2 Å². The Morgan fingerprint density at radius 3 is 2.16 bits per heavy atom. The average Bonchev–Trinajstić information content (AvgIpc) is 2.11. The van der Waals surface area contributed by atoms with Crippen LogP contribution in [0.25, 0.3) is 0 Å². The van der Waals surface area contributed by atoms with Gasteiger partial charge >= 0.3 is 12.1 Å². The zero-order valence-corrected chi connectivity index (χ0v) is 11.9. The molecule has 0 bridgehead atoms. The van der Waals surface area contributed by atoms with E-state index in [0.29, 0.717) is 6.41 Å². The molecule has 0 aromatic rings. The molecular formula is C12H22N2O5. The lowest BCUT2D eigenvalue weighted by molar-refractivity contribution is -0.138. The Morgan fingerprint density at radius 1 is 1.26 bits per heavy atom. The van der Waals surface area contributed by atoms with Crippen LogP contribution in [0, 0.1) is 0 Å². The van der Waals surface area contributed by atoms with E-state index in [-0.39, 0.29) is 6.42 Å². The molecule has 0 spiro atoms. The predicted octanol–water partition coefficient (Wildman–Crippen LogP) is 0.879. The normalized spacial score (nSPS) is 13.3. The number of rotatable bonds is 6. The number of ether oxygens (including phenoxy) is 1. The number of carbonyl (C=O) groups is 3. The van der Waals surface area contributed by atoms with E-state index >= 15 is 0 Å². The lowest BCUT2D eigenvalue weighted by atomic mass is 9.92. The minimum Gasteiger partial charge on any atom is -0.481 e. The summed E-state index contributed by atoms with van der Waals surface area (Å²) in [4.78, 5) is 32.9. The van der Waals surface area contributed by atoms with Crippen LogP contribution in [0.2, 0.25) is 0 Å². The van der Waals surface area contributed by atoms with Gasteiger partial charge in [-0.25, -0.2) is 4.79 Å². The average molecular weight is 274 g/mol. The highest BCUT2D eigenvalue weighted by Crippen LogP contribution is 2.14. The molecule has 7 nitrogen and oxygen atoms in total. The summed E-state index contributed by atoms with van der Waals surface area (Å²) in [6, 6.07) is -0.741. The maximum absolute atomic E-state index is 11.7. The van der Waals surface area contributed by atoms with Gasteiger partial charge in [-0.05, 0) is 34.6 Å². The Balaban J connectivity index is 4.75. The Hall–Kier alpha value is -1.79. The van der Waals surface area contributed by atoms with Gasteiger partial charge in [0.15, 0.2) is 0 Å². The largest absolute Gasteiger partial charge is 0.481 e. The van der Waals surface area contributed by atoms with Gasteiger partial charge in [0, 0.05) is 0 Å². The van der Waals surface area contributed by atoms with Crippen molar-refractivity contribution in [3.63, 3.8) is 0 Å². The first-order chi connectivity index (χ1) is 8.48. The second kappa shape index (κ2) is 6.40. The first kappa shape index (κ1) is 17.2. The number of carboxylic acid groups (broad SMARTS) is 1. The van der Waals surface area contributed by atoms with Crippen LogP contribution in [0.15, 0.2) is 0 Å². The molecule has 3 N–H and O–H groups in total. The molecule has 0 aromatic heterocycles. The smallest absolute Gasteiger partial charge is 0.408 e. The minimum absolute atomic E-state index is 0.304. The number of amides is 2. The summed E-state index contributed by atoms with van der Waals surface area (Å²) in [5, 5.41) is 13.7. The Bertz CT molecular complexity index is 347. The van der Waals surface area contributed by atoms with Crippen LogP contribution in [0.5, 0.6) is 0 Å². The zero-order valence-electron chi connectivity index (χ0n) is 11.9. The van der Waals surface area contributed by atoms with Crippen molar-refractivity contribution >= 4 is 18.5 Å². The maximum Gasteiger partial charge on any atom is 0.408 e. The molecule has 0 aliphatic heterocycles. The van der Waals surface area contributed by atoms with Crippen LogP contribution >= 0.6 is 0 Å². The third-order valence-electron chi connectivity index (χ3n) is 2.34. The molecule has 0 fully saturated rings. The molecule has 0 heterocycles. The topological polar surface area (TPSA) is 105 Å². The van der Waals surface area contributed by atoms with Crippen molar-refractivity contribution in [3.05, 3.63) is 0 Å². The monoisotopic (exact) mass is 274 g/mol. The molecule has 0 aromatic carbocycles. The molecule has 1 atom stereocenters. The Morgan fingerprint density at radius 2 is 1.79 bits per heavy atom. The fourth-order valence-electron chi connectivity index (χ4n) is 1.43. The third-order valence-corrected chi connectivity index (χ3v) is 2.34. The summed E-state index contributed by atoms with van der Waals surface area (Å²) in [6.45, 7) is 8.38. The summed E-state index contributed by atoms with van der Waals surface area (Å²) < 4.78 is 5.09. The number of carbonyl (C=O) groups excluding carboxylic acids is 2. The van der Waals surface area contributed by atoms with Crippen molar-refractivity contribution in [2.75, 3.05) is 0 Å². The number of nitrogens with one attached hydrogen (secondary N) is 2. The van der Waals surface area contributed by atoms with Gasteiger partial charge in [-0.3, -0.25) is 9.59 Å². The van der Waals surface area contributed by atoms with Gasteiger partial charge in [0.1, 0.15) is 5.60 Å². The molecule has 0 aliphatic rings. The van der Waals surface area contributed by atoms with Crippen molar-refractivity contribution < 1.29 is 24.2 Å². The minimum atomic E-state index is -1.07. The van der Waals surface area contributed by atoms with Gasteiger partial charge < -0.3 is 20.5 Å². The number of hydrogen-bond acceptors (Lipinski definition) is 4. The van der Waals surface area contributed by atoms with Gasteiger partial charge in [-0.15, -0.1) is 0 Å². The quantitative estimate of drug-likeness (QED) is 0.624. The standard InChI is InChI=1S/C12H22N2O5/c1-11(2,3)19-10(18)14-12(4,5)8(13-7-15)6-9(16)17/h7-8H,6H2,1-5H3,(H,13,15)(H,14,18)(H,16,17). The Labute approximate surface area is 112 Å². The lowest BCUT2D eigenvalue weighted by Gasteiger charge is -2.34. The SMILES string of the molecule is CC(C)(C)OC(=O)NC(C)(C)C(CC(=O)O)NC=O. The molecule has 0 saturated heterocycles. The Kier molecular flexibility index (Phi) is 5.80. The number of carboxylic acids is 1. The van der Waals surface area contributed by atoms with Gasteiger partial charge in [-0.2, -0.15) is 0 Å². The van der Waals surface area contributed by atoms with Crippen molar-refractivity contribution in [1.29, 1.82) is 0 Å². The van der Waals surface area contributed by atoms with E-state index < -0.39 is 29.2 Å². The molecule has 7 heteroatoms.